The van der Waals surface area contributed by atoms with Crippen LogP contribution in [-0.2, 0) is 10.0 Å². The fourth-order valence-corrected chi connectivity index (χ4v) is 4.51. The van der Waals surface area contributed by atoms with Crippen molar-refractivity contribution in [1.82, 2.24) is 4.90 Å². The Kier molecular flexibility index (Phi) is 6.07. The Morgan fingerprint density at radius 2 is 1.70 bits per heavy atom. The first-order valence-corrected chi connectivity index (χ1v) is 11.0. The van der Waals surface area contributed by atoms with Gasteiger partial charge in [0.2, 0.25) is 0 Å². The van der Waals surface area contributed by atoms with E-state index in [0.717, 1.165) is 31.6 Å². The normalized spacial score (nSPS) is 16.4. The summed E-state index contributed by atoms with van der Waals surface area (Å²) in [4.78, 5) is 2.61. The van der Waals surface area contributed by atoms with E-state index in [1.807, 2.05) is 18.2 Å². The molecule has 1 fully saturated rings. The number of nitrogens with one attached hydrogen (secondary N) is 2. The van der Waals surface area contributed by atoms with Crippen molar-refractivity contribution in [2.45, 2.75) is 43.5 Å². The van der Waals surface area contributed by atoms with Crippen LogP contribution in [0, 0.1) is 0 Å². The lowest BCUT2D eigenvalue weighted by Gasteiger charge is -2.31. The van der Waals surface area contributed by atoms with Gasteiger partial charge in [-0.25, -0.2) is 8.42 Å². The number of anilines is 2. The Morgan fingerprint density at radius 3 is 2.33 bits per heavy atom. The predicted molar refractivity (Wildman–Crippen MR) is 112 cm³/mol. The zero-order valence-corrected chi connectivity index (χ0v) is 17.1. The van der Waals surface area contributed by atoms with Crippen LogP contribution in [0.15, 0.2) is 53.4 Å². The monoisotopic (exact) mass is 387 g/mol. The molecule has 2 aromatic rings. The molecular weight excluding hydrogens is 358 g/mol. The first kappa shape index (κ1) is 19.7. The van der Waals surface area contributed by atoms with Crippen molar-refractivity contribution in [2.24, 2.45) is 0 Å². The molecule has 0 amide bonds. The minimum Gasteiger partial charge on any atom is -0.382 e. The number of sulfonamides is 1. The van der Waals surface area contributed by atoms with E-state index in [1.165, 1.54) is 5.56 Å². The Labute approximate surface area is 162 Å². The van der Waals surface area contributed by atoms with E-state index >= 15 is 0 Å². The largest absolute Gasteiger partial charge is 0.382 e. The maximum Gasteiger partial charge on any atom is 0.261 e. The summed E-state index contributed by atoms with van der Waals surface area (Å²) in [6, 6.07) is 14.7. The predicted octanol–water partition coefficient (Wildman–Crippen LogP) is 4.12. The summed E-state index contributed by atoms with van der Waals surface area (Å²) in [5, 5.41) is 3.66. The molecule has 0 aromatic heterocycles. The van der Waals surface area contributed by atoms with E-state index in [4.69, 9.17) is 0 Å². The number of hydrogen-bond acceptors (Lipinski definition) is 4. The summed E-state index contributed by atoms with van der Waals surface area (Å²) in [5.41, 5.74) is 2.81. The van der Waals surface area contributed by atoms with Crippen LogP contribution in [-0.4, -0.2) is 39.5 Å². The summed E-state index contributed by atoms with van der Waals surface area (Å²) in [5.74, 6) is 0.360. The third kappa shape index (κ3) is 5.02. The van der Waals surface area contributed by atoms with Crippen LogP contribution in [0.3, 0.4) is 0 Å². The van der Waals surface area contributed by atoms with Gasteiger partial charge in [0.1, 0.15) is 0 Å². The van der Waals surface area contributed by atoms with E-state index in [0.29, 0.717) is 17.6 Å². The molecule has 0 spiro atoms. The lowest BCUT2D eigenvalue weighted by Crippen LogP contribution is -2.36. The SMILES string of the molecule is CC(C)c1ccc(NS(=O)(=O)c2ccccc2)cc1NC1CCN(C)CC1. The molecule has 2 aromatic carbocycles. The summed E-state index contributed by atoms with van der Waals surface area (Å²) < 4.78 is 28.0. The van der Waals surface area contributed by atoms with Gasteiger partial charge in [-0.3, -0.25) is 4.72 Å². The Morgan fingerprint density at radius 1 is 1.04 bits per heavy atom. The standard InChI is InChI=1S/C21H29N3O2S/c1-16(2)20-10-9-18(23-27(25,26)19-7-5-4-6-8-19)15-21(20)22-17-11-13-24(3)14-12-17/h4-10,15-17,22-23H,11-14H2,1-3H3. The average Bonchev–Trinajstić information content (AvgIpc) is 2.64. The van der Waals surface area contributed by atoms with Crippen molar-refractivity contribution >= 4 is 21.4 Å². The Balaban J connectivity index is 1.83. The highest BCUT2D eigenvalue weighted by Crippen LogP contribution is 2.30. The van der Waals surface area contributed by atoms with Gasteiger partial charge in [0.25, 0.3) is 10.0 Å². The quantitative estimate of drug-likeness (QED) is 0.783. The average molecular weight is 388 g/mol. The van der Waals surface area contributed by atoms with Crippen molar-refractivity contribution in [3.63, 3.8) is 0 Å². The fourth-order valence-electron chi connectivity index (χ4n) is 3.43. The third-order valence-electron chi connectivity index (χ3n) is 5.06. The molecule has 1 aliphatic heterocycles. The summed E-state index contributed by atoms with van der Waals surface area (Å²) in [7, 11) is -1.44. The fraction of sp³-hybridized carbons (Fsp3) is 0.429. The topological polar surface area (TPSA) is 61.4 Å². The lowest BCUT2D eigenvalue weighted by atomic mass is 9.98. The number of likely N-dealkylation sites (tertiary alicyclic amines) is 1. The van der Waals surface area contributed by atoms with Crippen LogP contribution in [0.25, 0.3) is 0 Å². The zero-order valence-electron chi connectivity index (χ0n) is 16.3. The van der Waals surface area contributed by atoms with E-state index in [1.54, 1.807) is 30.3 Å². The van der Waals surface area contributed by atoms with E-state index in [9.17, 15) is 8.42 Å². The second-order valence-electron chi connectivity index (χ2n) is 7.60. The van der Waals surface area contributed by atoms with E-state index in [-0.39, 0.29) is 4.90 Å². The number of nitrogens with zero attached hydrogens (tertiary/aromatic N) is 1. The molecule has 2 N–H and O–H groups in total. The molecule has 0 bridgehead atoms. The molecule has 0 atom stereocenters. The van der Waals surface area contributed by atoms with Crippen molar-refractivity contribution in [1.29, 1.82) is 0 Å². The maximum absolute atomic E-state index is 12.6. The minimum atomic E-state index is -3.59. The van der Waals surface area contributed by atoms with Crippen LogP contribution in [0.1, 0.15) is 38.2 Å². The molecule has 0 unspecified atom stereocenters. The first-order valence-electron chi connectivity index (χ1n) is 9.52. The van der Waals surface area contributed by atoms with Gasteiger partial charge in [-0.05, 0) is 68.7 Å². The molecule has 6 heteroatoms. The summed E-state index contributed by atoms with van der Waals surface area (Å²) in [6.07, 6.45) is 2.18. The van der Waals surface area contributed by atoms with Gasteiger partial charge in [0.05, 0.1) is 10.6 Å². The molecular formula is C21H29N3O2S. The molecule has 1 saturated heterocycles. The second kappa shape index (κ2) is 8.31. The highest BCUT2D eigenvalue weighted by Gasteiger charge is 2.19. The van der Waals surface area contributed by atoms with Gasteiger partial charge in [0.15, 0.2) is 0 Å². The van der Waals surface area contributed by atoms with Gasteiger partial charge in [-0.1, -0.05) is 38.1 Å². The van der Waals surface area contributed by atoms with Crippen LogP contribution in [0.5, 0.6) is 0 Å². The minimum absolute atomic E-state index is 0.266. The Bertz CT molecular complexity index is 858. The molecule has 0 aliphatic carbocycles. The van der Waals surface area contributed by atoms with E-state index < -0.39 is 10.0 Å². The molecule has 3 rings (SSSR count). The van der Waals surface area contributed by atoms with Gasteiger partial charge >= 0.3 is 0 Å². The van der Waals surface area contributed by atoms with Crippen molar-refractivity contribution in [2.75, 3.05) is 30.2 Å². The van der Waals surface area contributed by atoms with E-state index in [2.05, 4.69) is 35.8 Å². The van der Waals surface area contributed by atoms with Crippen LogP contribution in [0.2, 0.25) is 0 Å². The number of rotatable bonds is 6. The van der Waals surface area contributed by atoms with Crippen molar-refractivity contribution in [3.05, 3.63) is 54.1 Å². The molecule has 0 saturated carbocycles. The third-order valence-corrected chi connectivity index (χ3v) is 6.46. The smallest absolute Gasteiger partial charge is 0.261 e. The molecule has 27 heavy (non-hydrogen) atoms. The number of hydrogen-bond donors (Lipinski definition) is 2. The maximum atomic E-state index is 12.6. The zero-order chi connectivity index (χ0) is 19.4. The van der Waals surface area contributed by atoms with Crippen LogP contribution >= 0.6 is 0 Å². The van der Waals surface area contributed by atoms with Gasteiger partial charge in [-0.15, -0.1) is 0 Å². The summed E-state index contributed by atoms with van der Waals surface area (Å²) in [6.45, 7) is 6.47. The summed E-state index contributed by atoms with van der Waals surface area (Å²) >= 11 is 0. The number of piperidine rings is 1. The molecule has 146 valence electrons. The van der Waals surface area contributed by atoms with Crippen molar-refractivity contribution in [3.8, 4) is 0 Å². The first-order chi connectivity index (χ1) is 12.8. The number of benzene rings is 2. The Hall–Kier alpha value is -2.05. The molecule has 1 aliphatic rings. The van der Waals surface area contributed by atoms with Crippen LogP contribution in [0.4, 0.5) is 11.4 Å². The van der Waals surface area contributed by atoms with Gasteiger partial charge in [-0.2, -0.15) is 0 Å². The highest BCUT2D eigenvalue weighted by molar-refractivity contribution is 7.92. The van der Waals surface area contributed by atoms with Crippen molar-refractivity contribution < 1.29 is 8.42 Å². The van der Waals surface area contributed by atoms with Gasteiger partial charge in [0, 0.05) is 11.7 Å². The second-order valence-corrected chi connectivity index (χ2v) is 9.28. The van der Waals surface area contributed by atoms with Crippen LogP contribution < -0.4 is 10.0 Å². The van der Waals surface area contributed by atoms with Gasteiger partial charge < -0.3 is 10.2 Å². The molecule has 0 radical (unpaired) electrons. The highest BCUT2D eigenvalue weighted by atomic mass is 32.2. The molecule has 5 nitrogen and oxygen atoms in total. The lowest BCUT2D eigenvalue weighted by molar-refractivity contribution is 0.264. The molecule has 1 heterocycles.